The summed E-state index contributed by atoms with van der Waals surface area (Å²) in [4.78, 5) is 12.1. The van der Waals surface area contributed by atoms with Crippen molar-refractivity contribution in [2.45, 2.75) is 77.8 Å². The van der Waals surface area contributed by atoms with E-state index in [1.165, 1.54) is 0 Å². The van der Waals surface area contributed by atoms with E-state index in [4.69, 9.17) is 0 Å². The average molecular weight is 260 g/mol. The minimum absolute atomic E-state index is 0.115. The van der Waals surface area contributed by atoms with Crippen molar-refractivity contribution in [2.75, 3.05) is 0 Å². The van der Waals surface area contributed by atoms with Crippen molar-refractivity contribution in [3.05, 3.63) is 0 Å². The summed E-state index contributed by atoms with van der Waals surface area (Å²) in [7, 11) is -1.77. The molecular weight excluding hydrogens is 231 g/mol. The van der Waals surface area contributed by atoms with Crippen molar-refractivity contribution < 1.29 is 9.18 Å². The Hall–Kier alpha value is -0.183. The number of Topliss-reactive ketones (excluding diaryl/α,β-unsaturated/α-hetero) is 1. The van der Waals surface area contributed by atoms with Crippen molar-refractivity contribution in [2.24, 2.45) is 5.92 Å². The van der Waals surface area contributed by atoms with Crippen LogP contribution >= 0.6 is 0 Å². The lowest BCUT2D eigenvalue weighted by atomic mass is 10.0. The van der Waals surface area contributed by atoms with Crippen molar-refractivity contribution in [3.63, 3.8) is 0 Å². The molecule has 2 atom stereocenters. The van der Waals surface area contributed by atoms with Crippen LogP contribution in [-0.4, -0.2) is 20.0 Å². The normalized spacial score (nSPS) is 17.1. The van der Waals surface area contributed by atoms with Gasteiger partial charge in [-0.3, -0.25) is 4.79 Å². The molecule has 0 aliphatic heterocycles. The summed E-state index contributed by atoms with van der Waals surface area (Å²) in [5.74, 6) is 0.0610. The van der Waals surface area contributed by atoms with Gasteiger partial charge in [-0.2, -0.15) is 0 Å². The molecule has 0 aliphatic carbocycles. The number of carbonyl (C=O) groups is 1. The van der Waals surface area contributed by atoms with E-state index < -0.39 is 14.2 Å². The summed E-state index contributed by atoms with van der Waals surface area (Å²) in [5.41, 5.74) is -0.115. The highest BCUT2D eigenvalue weighted by atomic mass is 28.3. The molecule has 0 aromatic heterocycles. The van der Waals surface area contributed by atoms with E-state index in [0.29, 0.717) is 6.42 Å². The van der Waals surface area contributed by atoms with Crippen LogP contribution in [0.2, 0.25) is 23.7 Å². The fourth-order valence-electron chi connectivity index (χ4n) is 1.81. The Bertz CT molecular complexity index is 266. The van der Waals surface area contributed by atoms with Gasteiger partial charge in [-0.1, -0.05) is 54.6 Å². The lowest BCUT2D eigenvalue weighted by molar-refractivity contribution is -0.124. The molecule has 0 saturated heterocycles. The predicted molar refractivity (Wildman–Crippen MR) is 76.0 cm³/mol. The molecule has 0 bridgehead atoms. The number of halogens is 1. The Kier molecular flexibility index (Phi) is 5.58. The molecule has 0 unspecified atom stereocenters. The third kappa shape index (κ3) is 4.20. The molecule has 0 amide bonds. The third-order valence-corrected chi connectivity index (χ3v) is 10.7. The third-order valence-electron chi connectivity index (χ3n) is 4.43. The first-order valence-corrected chi connectivity index (χ1v) is 9.66. The average Bonchev–Trinajstić information content (AvgIpc) is 2.12. The van der Waals surface area contributed by atoms with Gasteiger partial charge in [0.1, 0.15) is 0 Å². The highest BCUT2D eigenvalue weighted by Crippen LogP contribution is 2.44. The molecule has 0 rings (SSSR count). The zero-order chi connectivity index (χ0) is 14.0. The van der Waals surface area contributed by atoms with Crippen molar-refractivity contribution in [1.29, 1.82) is 0 Å². The molecule has 0 aromatic rings. The number of ketones is 1. The van der Waals surface area contributed by atoms with Gasteiger partial charge in [-0.25, -0.2) is 4.39 Å². The fraction of sp³-hybridized carbons (Fsp3) is 0.929. The maximum absolute atomic E-state index is 13.9. The zero-order valence-electron chi connectivity index (χ0n) is 12.7. The lowest BCUT2D eigenvalue weighted by Crippen LogP contribution is -2.46. The standard InChI is InChI=1S/C14H29FOSi/c1-10(2)9-12(15)13(16)11(3)17(7,8)14(4,5)6/h10-12H,9H2,1-8H3/t11-,12+/m0/s1. The van der Waals surface area contributed by atoms with Crippen LogP contribution in [0.25, 0.3) is 0 Å². The minimum Gasteiger partial charge on any atom is -0.296 e. The Morgan fingerprint density at radius 2 is 1.59 bits per heavy atom. The Labute approximate surface area is 107 Å². The molecule has 1 nitrogen and oxygen atoms in total. The topological polar surface area (TPSA) is 17.1 Å². The van der Waals surface area contributed by atoms with Gasteiger partial charge in [0.2, 0.25) is 0 Å². The van der Waals surface area contributed by atoms with E-state index in [2.05, 4.69) is 33.9 Å². The highest BCUT2D eigenvalue weighted by molar-refractivity contribution is 6.84. The van der Waals surface area contributed by atoms with Gasteiger partial charge in [-0.15, -0.1) is 0 Å². The molecule has 17 heavy (non-hydrogen) atoms. The molecule has 102 valence electrons. The SMILES string of the molecule is CC(C)C[C@@H](F)C(=O)[C@H](C)[Si](C)(C)C(C)(C)C. The largest absolute Gasteiger partial charge is 0.296 e. The molecule has 0 aliphatic rings. The van der Waals surface area contributed by atoms with Gasteiger partial charge in [0.25, 0.3) is 0 Å². The van der Waals surface area contributed by atoms with Gasteiger partial charge < -0.3 is 0 Å². The fourth-order valence-corrected chi connectivity index (χ4v) is 4.00. The van der Waals surface area contributed by atoms with E-state index >= 15 is 0 Å². The zero-order valence-corrected chi connectivity index (χ0v) is 13.7. The van der Waals surface area contributed by atoms with Crippen molar-refractivity contribution >= 4 is 13.9 Å². The second kappa shape index (κ2) is 5.64. The highest BCUT2D eigenvalue weighted by Gasteiger charge is 2.44. The second-order valence-corrected chi connectivity index (χ2v) is 13.0. The van der Waals surface area contributed by atoms with Gasteiger partial charge in [-0.05, 0) is 17.4 Å². The van der Waals surface area contributed by atoms with Crippen molar-refractivity contribution in [3.8, 4) is 0 Å². The van der Waals surface area contributed by atoms with Crippen molar-refractivity contribution in [1.82, 2.24) is 0 Å². The molecule has 0 N–H and O–H groups in total. The van der Waals surface area contributed by atoms with Crippen LogP contribution in [0.1, 0.15) is 48.0 Å². The van der Waals surface area contributed by atoms with E-state index in [-0.39, 0.29) is 22.3 Å². The molecule has 0 spiro atoms. The number of rotatable bonds is 5. The molecule has 0 aromatic carbocycles. The van der Waals surface area contributed by atoms with Gasteiger partial charge in [0, 0.05) is 5.54 Å². The minimum atomic E-state index is -1.77. The monoisotopic (exact) mass is 260 g/mol. The summed E-state index contributed by atoms with van der Waals surface area (Å²) in [6.07, 6.45) is -0.920. The van der Waals surface area contributed by atoms with Crippen LogP contribution in [0.5, 0.6) is 0 Å². The first kappa shape index (κ1) is 16.8. The van der Waals surface area contributed by atoms with E-state index in [9.17, 15) is 9.18 Å². The lowest BCUT2D eigenvalue weighted by Gasteiger charge is -2.41. The molecule has 0 radical (unpaired) electrons. The maximum atomic E-state index is 13.9. The summed E-state index contributed by atoms with van der Waals surface area (Å²) >= 11 is 0. The number of hydrogen-bond donors (Lipinski definition) is 0. The van der Waals surface area contributed by atoms with Gasteiger partial charge >= 0.3 is 0 Å². The molecule has 3 heteroatoms. The number of alkyl halides is 1. The summed E-state index contributed by atoms with van der Waals surface area (Å²) in [5, 5.41) is 0.125. The van der Waals surface area contributed by atoms with E-state index in [1.54, 1.807) is 0 Å². The van der Waals surface area contributed by atoms with Crippen LogP contribution in [0.3, 0.4) is 0 Å². The smallest absolute Gasteiger partial charge is 0.167 e. The maximum Gasteiger partial charge on any atom is 0.167 e. The predicted octanol–water partition coefficient (Wildman–Crippen LogP) is 4.84. The summed E-state index contributed by atoms with van der Waals surface area (Å²) in [6, 6.07) is 0. The quantitative estimate of drug-likeness (QED) is 0.647. The Morgan fingerprint density at radius 1 is 1.18 bits per heavy atom. The van der Waals surface area contributed by atoms with Crippen LogP contribution < -0.4 is 0 Å². The van der Waals surface area contributed by atoms with E-state index in [1.807, 2.05) is 20.8 Å². The Balaban J connectivity index is 4.82. The molecule has 0 fully saturated rings. The van der Waals surface area contributed by atoms with Crippen LogP contribution in [-0.2, 0) is 4.79 Å². The van der Waals surface area contributed by atoms with Crippen LogP contribution in [0, 0.1) is 5.92 Å². The summed E-state index contributed by atoms with van der Waals surface area (Å²) < 4.78 is 13.9. The molecular formula is C14H29FOSi. The summed E-state index contributed by atoms with van der Waals surface area (Å²) in [6.45, 7) is 16.7. The van der Waals surface area contributed by atoms with E-state index in [0.717, 1.165) is 0 Å². The molecule has 0 heterocycles. The van der Waals surface area contributed by atoms with Crippen LogP contribution in [0.15, 0.2) is 0 Å². The second-order valence-electron chi connectivity index (χ2n) is 7.19. The Morgan fingerprint density at radius 3 is 1.88 bits per heavy atom. The molecule has 0 saturated carbocycles. The van der Waals surface area contributed by atoms with Gasteiger partial charge in [0.15, 0.2) is 12.0 Å². The number of carbonyl (C=O) groups excluding carboxylic acids is 1. The first-order valence-electron chi connectivity index (χ1n) is 6.59. The number of hydrogen-bond acceptors (Lipinski definition) is 1. The van der Waals surface area contributed by atoms with Gasteiger partial charge in [0.05, 0.1) is 8.07 Å². The van der Waals surface area contributed by atoms with Crippen LogP contribution in [0.4, 0.5) is 4.39 Å². The first-order chi connectivity index (χ1) is 7.41.